The topological polar surface area (TPSA) is 96.0 Å². The van der Waals surface area contributed by atoms with E-state index in [9.17, 15) is 9.59 Å². The lowest BCUT2D eigenvalue weighted by Crippen LogP contribution is -2.50. The predicted molar refractivity (Wildman–Crippen MR) is 67.1 cm³/mol. The SMILES string of the molecule is C[C@@H](CC#N)[C@@H](NC(=O)C1CCCCC1)C(N)=O. The van der Waals surface area contributed by atoms with Crippen molar-refractivity contribution >= 4 is 11.8 Å². The Morgan fingerprint density at radius 1 is 1.39 bits per heavy atom. The zero-order valence-corrected chi connectivity index (χ0v) is 10.8. The van der Waals surface area contributed by atoms with E-state index >= 15 is 0 Å². The lowest BCUT2D eigenvalue weighted by atomic mass is 9.88. The lowest BCUT2D eigenvalue weighted by Gasteiger charge is -2.25. The van der Waals surface area contributed by atoms with Crippen molar-refractivity contribution < 1.29 is 9.59 Å². The molecule has 0 aliphatic heterocycles. The van der Waals surface area contributed by atoms with Crippen molar-refractivity contribution in [1.82, 2.24) is 5.32 Å². The Morgan fingerprint density at radius 3 is 2.50 bits per heavy atom. The molecule has 1 aliphatic rings. The monoisotopic (exact) mass is 251 g/mol. The number of nitriles is 1. The molecule has 3 N–H and O–H groups in total. The van der Waals surface area contributed by atoms with Crippen LogP contribution in [-0.2, 0) is 9.59 Å². The molecule has 100 valence electrons. The third-order valence-corrected chi connectivity index (χ3v) is 3.56. The van der Waals surface area contributed by atoms with Gasteiger partial charge >= 0.3 is 0 Å². The fourth-order valence-corrected chi connectivity index (χ4v) is 2.39. The zero-order chi connectivity index (χ0) is 13.5. The summed E-state index contributed by atoms with van der Waals surface area (Å²) < 4.78 is 0. The summed E-state index contributed by atoms with van der Waals surface area (Å²) in [5.74, 6) is -0.917. The average Bonchev–Trinajstić information content (AvgIpc) is 2.36. The van der Waals surface area contributed by atoms with Crippen molar-refractivity contribution in [3.8, 4) is 6.07 Å². The molecule has 5 nitrogen and oxygen atoms in total. The summed E-state index contributed by atoms with van der Waals surface area (Å²) >= 11 is 0. The molecule has 1 aliphatic carbocycles. The van der Waals surface area contributed by atoms with Crippen molar-refractivity contribution in [3.63, 3.8) is 0 Å². The van der Waals surface area contributed by atoms with Crippen molar-refractivity contribution in [2.24, 2.45) is 17.6 Å². The maximum atomic E-state index is 12.0. The number of primary amides is 1. The molecular formula is C13H21N3O2. The number of carbonyl (C=O) groups is 2. The number of hydrogen-bond donors (Lipinski definition) is 2. The van der Waals surface area contributed by atoms with Crippen molar-refractivity contribution in [3.05, 3.63) is 0 Å². The lowest BCUT2D eigenvalue weighted by molar-refractivity contribution is -0.131. The fourth-order valence-electron chi connectivity index (χ4n) is 2.39. The highest BCUT2D eigenvalue weighted by molar-refractivity contribution is 5.87. The number of nitrogens with zero attached hydrogens (tertiary/aromatic N) is 1. The van der Waals surface area contributed by atoms with E-state index < -0.39 is 11.9 Å². The molecule has 1 rings (SSSR count). The van der Waals surface area contributed by atoms with Gasteiger partial charge in [-0.1, -0.05) is 26.2 Å². The van der Waals surface area contributed by atoms with E-state index in [0.717, 1.165) is 25.7 Å². The van der Waals surface area contributed by atoms with Crippen LogP contribution in [0.3, 0.4) is 0 Å². The number of carbonyl (C=O) groups excluding carboxylic acids is 2. The number of nitrogens with one attached hydrogen (secondary N) is 1. The molecule has 1 saturated carbocycles. The summed E-state index contributed by atoms with van der Waals surface area (Å²) in [7, 11) is 0. The third kappa shape index (κ3) is 4.02. The summed E-state index contributed by atoms with van der Waals surface area (Å²) in [5.41, 5.74) is 5.28. The van der Waals surface area contributed by atoms with Crippen LogP contribution in [0, 0.1) is 23.2 Å². The van der Waals surface area contributed by atoms with Gasteiger partial charge in [-0.15, -0.1) is 0 Å². The van der Waals surface area contributed by atoms with Crippen molar-refractivity contribution in [1.29, 1.82) is 5.26 Å². The van der Waals surface area contributed by atoms with E-state index in [2.05, 4.69) is 5.32 Å². The number of rotatable bonds is 5. The normalized spacial score (nSPS) is 19.6. The molecule has 0 aromatic rings. The zero-order valence-electron chi connectivity index (χ0n) is 10.8. The molecule has 18 heavy (non-hydrogen) atoms. The van der Waals surface area contributed by atoms with Crippen LogP contribution in [-0.4, -0.2) is 17.9 Å². The first-order chi connectivity index (χ1) is 8.56. The van der Waals surface area contributed by atoms with Gasteiger partial charge in [-0.2, -0.15) is 5.26 Å². The molecule has 2 atom stereocenters. The van der Waals surface area contributed by atoms with Gasteiger partial charge in [0.25, 0.3) is 0 Å². The van der Waals surface area contributed by atoms with Crippen LogP contribution in [0.1, 0.15) is 45.4 Å². The van der Waals surface area contributed by atoms with Gasteiger partial charge in [0.05, 0.1) is 6.07 Å². The predicted octanol–water partition coefficient (Wildman–Crippen LogP) is 1.09. The largest absolute Gasteiger partial charge is 0.368 e. The number of nitrogens with two attached hydrogens (primary N) is 1. The second-order valence-corrected chi connectivity index (χ2v) is 5.06. The molecule has 5 heteroatoms. The van der Waals surface area contributed by atoms with E-state index in [1.807, 2.05) is 6.07 Å². The maximum absolute atomic E-state index is 12.0. The minimum atomic E-state index is -0.737. The molecule has 0 aromatic heterocycles. The number of hydrogen-bond acceptors (Lipinski definition) is 3. The summed E-state index contributed by atoms with van der Waals surface area (Å²) in [6.07, 6.45) is 5.26. The van der Waals surface area contributed by atoms with E-state index in [-0.39, 0.29) is 24.2 Å². The van der Waals surface area contributed by atoms with Gasteiger partial charge in [0.15, 0.2) is 0 Å². The maximum Gasteiger partial charge on any atom is 0.240 e. The highest BCUT2D eigenvalue weighted by Crippen LogP contribution is 2.24. The molecule has 0 aromatic carbocycles. The van der Waals surface area contributed by atoms with Crippen LogP contribution in [0.15, 0.2) is 0 Å². The van der Waals surface area contributed by atoms with Gasteiger partial charge in [0, 0.05) is 12.3 Å². The molecular weight excluding hydrogens is 230 g/mol. The minimum absolute atomic E-state index is 0.00474. The smallest absolute Gasteiger partial charge is 0.240 e. The Hall–Kier alpha value is -1.57. The van der Waals surface area contributed by atoms with Gasteiger partial charge in [-0.25, -0.2) is 0 Å². The second kappa shape index (κ2) is 7.00. The van der Waals surface area contributed by atoms with Crippen LogP contribution in [0.5, 0.6) is 0 Å². The Balaban J connectivity index is 2.57. The van der Waals surface area contributed by atoms with Crippen molar-refractivity contribution in [2.75, 3.05) is 0 Å². The summed E-state index contributed by atoms with van der Waals surface area (Å²) in [6.45, 7) is 1.75. The van der Waals surface area contributed by atoms with E-state index in [0.29, 0.717) is 0 Å². The molecule has 0 radical (unpaired) electrons. The summed E-state index contributed by atoms with van der Waals surface area (Å²) in [4.78, 5) is 23.4. The van der Waals surface area contributed by atoms with Crippen molar-refractivity contribution in [2.45, 2.75) is 51.5 Å². The van der Waals surface area contributed by atoms with Gasteiger partial charge in [0.1, 0.15) is 6.04 Å². The van der Waals surface area contributed by atoms with Crippen LogP contribution >= 0.6 is 0 Å². The van der Waals surface area contributed by atoms with E-state index in [1.54, 1.807) is 6.92 Å². The van der Waals surface area contributed by atoms with Crippen LogP contribution < -0.4 is 11.1 Å². The van der Waals surface area contributed by atoms with Gasteiger partial charge in [0.2, 0.25) is 11.8 Å². The van der Waals surface area contributed by atoms with Gasteiger partial charge < -0.3 is 11.1 Å². The first-order valence-electron chi connectivity index (χ1n) is 6.53. The second-order valence-electron chi connectivity index (χ2n) is 5.06. The van der Waals surface area contributed by atoms with E-state index in [1.165, 1.54) is 6.42 Å². The minimum Gasteiger partial charge on any atom is -0.368 e. The molecule has 2 amide bonds. The molecule has 1 fully saturated rings. The molecule has 0 spiro atoms. The fraction of sp³-hybridized carbons (Fsp3) is 0.769. The molecule has 0 heterocycles. The van der Waals surface area contributed by atoms with Crippen LogP contribution in [0.25, 0.3) is 0 Å². The molecule has 0 saturated heterocycles. The number of amides is 2. The highest BCUT2D eigenvalue weighted by atomic mass is 16.2. The summed E-state index contributed by atoms with van der Waals surface area (Å²) in [6, 6.07) is 1.26. The first-order valence-corrected chi connectivity index (χ1v) is 6.53. The Morgan fingerprint density at radius 2 is 2.00 bits per heavy atom. The first kappa shape index (κ1) is 14.5. The summed E-state index contributed by atoms with van der Waals surface area (Å²) in [5, 5.41) is 11.3. The van der Waals surface area contributed by atoms with Gasteiger partial charge in [-0.3, -0.25) is 9.59 Å². The highest BCUT2D eigenvalue weighted by Gasteiger charge is 2.28. The Labute approximate surface area is 108 Å². The third-order valence-electron chi connectivity index (χ3n) is 3.56. The van der Waals surface area contributed by atoms with Crippen LogP contribution in [0.4, 0.5) is 0 Å². The van der Waals surface area contributed by atoms with Gasteiger partial charge in [-0.05, 0) is 18.8 Å². The molecule has 0 unspecified atom stereocenters. The van der Waals surface area contributed by atoms with E-state index in [4.69, 9.17) is 11.0 Å². The quantitative estimate of drug-likeness (QED) is 0.765. The van der Waals surface area contributed by atoms with Crippen LogP contribution in [0.2, 0.25) is 0 Å². The average molecular weight is 251 g/mol. The molecule has 0 bridgehead atoms. The standard InChI is InChI=1S/C13H21N3O2/c1-9(7-8-14)11(12(15)17)16-13(18)10-5-3-2-4-6-10/h9-11H,2-7H2,1H3,(H2,15,17)(H,16,18)/t9-,11+/m0/s1. The Bertz CT molecular complexity index is 343. The Kier molecular flexibility index (Phi) is 5.63.